The maximum absolute atomic E-state index is 13.1. The minimum absolute atomic E-state index is 0.00598. The van der Waals surface area contributed by atoms with Crippen LogP contribution >= 0.6 is 0 Å². The highest BCUT2D eigenvalue weighted by molar-refractivity contribution is 5.78. The first kappa shape index (κ1) is 20.9. The van der Waals surface area contributed by atoms with Crippen LogP contribution in [0.4, 0.5) is 0 Å². The van der Waals surface area contributed by atoms with Crippen LogP contribution in [0, 0.1) is 16.7 Å². The highest BCUT2D eigenvalue weighted by Gasteiger charge is 2.60. The Hall–Kier alpha value is -1.42. The Balaban J connectivity index is 1.91. The lowest BCUT2D eigenvalue weighted by molar-refractivity contribution is -0.505. The summed E-state index contributed by atoms with van der Waals surface area (Å²) < 4.78 is 13.7. The average Bonchev–Trinajstić information content (AvgIpc) is 3.34. The van der Waals surface area contributed by atoms with Crippen LogP contribution in [-0.4, -0.2) is 43.8 Å². The van der Waals surface area contributed by atoms with Gasteiger partial charge in [0, 0.05) is 6.42 Å². The minimum atomic E-state index is -0.546. The van der Waals surface area contributed by atoms with Gasteiger partial charge in [0.15, 0.2) is 6.54 Å². The summed E-state index contributed by atoms with van der Waals surface area (Å²) >= 11 is 0. The summed E-state index contributed by atoms with van der Waals surface area (Å²) in [4.78, 5) is 13.1. The molecule has 4 nitrogen and oxygen atoms in total. The molecule has 146 valence electrons. The molecular formula is C22H36NO3+. The minimum Gasteiger partial charge on any atom is -0.435 e. The summed E-state index contributed by atoms with van der Waals surface area (Å²) in [6.45, 7) is 11.4. The fourth-order valence-electron chi connectivity index (χ4n) is 3.64. The van der Waals surface area contributed by atoms with Crippen LogP contribution < -0.4 is 0 Å². The molecule has 0 amide bonds. The third-order valence-corrected chi connectivity index (χ3v) is 5.99. The molecule has 0 radical (unpaired) electrons. The number of hydrogen-bond donors (Lipinski definition) is 0. The van der Waals surface area contributed by atoms with Crippen LogP contribution in [0.25, 0.3) is 0 Å². The Morgan fingerprint density at radius 1 is 1.42 bits per heavy atom. The zero-order valence-electron chi connectivity index (χ0n) is 17.0. The molecule has 2 aliphatic rings. The summed E-state index contributed by atoms with van der Waals surface area (Å²) in [5.74, 6) is 0.375. The van der Waals surface area contributed by atoms with Crippen molar-refractivity contribution >= 4 is 12.7 Å². The van der Waals surface area contributed by atoms with E-state index in [9.17, 15) is 4.79 Å². The first-order chi connectivity index (χ1) is 12.3. The maximum Gasteiger partial charge on any atom is 0.321 e. The van der Waals surface area contributed by atoms with E-state index < -0.39 is 11.7 Å². The van der Waals surface area contributed by atoms with Gasteiger partial charge in [-0.3, -0.25) is 4.79 Å². The number of nitrogens with zero attached hydrogens (tertiary/aromatic N) is 1. The van der Waals surface area contributed by atoms with E-state index in [1.807, 2.05) is 18.5 Å². The van der Waals surface area contributed by atoms with Crippen LogP contribution in [0.5, 0.6) is 0 Å². The molecule has 2 aliphatic carbocycles. The average molecular weight is 363 g/mol. The number of allylic oxidation sites excluding steroid dienone is 4. The second kappa shape index (κ2) is 8.98. The van der Waals surface area contributed by atoms with Gasteiger partial charge in [0.05, 0.1) is 6.61 Å². The summed E-state index contributed by atoms with van der Waals surface area (Å²) in [6.07, 6.45) is 13.9. The molecule has 26 heavy (non-hydrogen) atoms. The third-order valence-electron chi connectivity index (χ3n) is 5.99. The van der Waals surface area contributed by atoms with Crippen molar-refractivity contribution in [1.82, 2.24) is 0 Å². The third kappa shape index (κ3) is 5.29. The fraction of sp³-hybridized carbons (Fsp3) is 0.727. The first-order valence-electron chi connectivity index (χ1n) is 9.98. The zero-order chi connectivity index (χ0) is 19.2. The van der Waals surface area contributed by atoms with E-state index in [1.54, 1.807) is 0 Å². The molecule has 0 bridgehead atoms. The quantitative estimate of drug-likeness (QED) is 0.237. The lowest BCUT2D eigenvalue weighted by atomic mass is 9.75. The smallest absolute Gasteiger partial charge is 0.321 e. The van der Waals surface area contributed by atoms with Crippen LogP contribution in [0.3, 0.4) is 0 Å². The zero-order valence-corrected chi connectivity index (χ0v) is 17.0. The Labute approximate surface area is 159 Å². The number of carbonyl (C=O) groups is 1. The van der Waals surface area contributed by atoms with E-state index >= 15 is 0 Å². The predicted octanol–water partition coefficient (Wildman–Crippen LogP) is 4.34. The van der Waals surface area contributed by atoms with Gasteiger partial charge < -0.3 is 9.47 Å². The number of hydrogen-bond acceptors (Lipinski definition) is 3. The molecule has 1 saturated carbocycles. The lowest BCUT2D eigenvalue weighted by Crippen LogP contribution is -2.45. The summed E-state index contributed by atoms with van der Waals surface area (Å²) in [7, 11) is 1.91. The van der Waals surface area contributed by atoms with E-state index in [4.69, 9.17) is 9.47 Å². The van der Waals surface area contributed by atoms with Gasteiger partial charge >= 0.3 is 5.97 Å². The second-order valence-corrected chi connectivity index (χ2v) is 8.50. The van der Waals surface area contributed by atoms with Crippen LogP contribution in [0.15, 0.2) is 24.3 Å². The van der Waals surface area contributed by atoms with Crippen molar-refractivity contribution in [3.63, 3.8) is 0 Å². The van der Waals surface area contributed by atoms with E-state index in [0.717, 1.165) is 38.5 Å². The molecule has 3 atom stereocenters. The molecule has 1 fully saturated rings. The molecule has 0 aromatic heterocycles. The van der Waals surface area contributed by atoms with Gasteiger partial charge in [-0.25, -0.2) is 4.58 Å². The number of rotatable bonds is 11. The molecule has 4 heteroatoms. The number of carbonyl (C=O) groups excluding carboxylic acids is 1. The summed E-state index contributed by atoms with van der Waals surface area (Å²) in [5, 5.41) is 0. The van der Waals surface area contributed by atoms with E-state index in [-0.39, 0.29) is 11.4 Å². The van der Waals surface area contributed by atoms with Gasteiger partial charge in [-0.1, -0.05) is 44.6 Å². The normalized spacial score (nSPS) is 23.9. The van der Waals surface area contributed by atoms with Crippen molar-refractivity contribution in [2.24, 2.45) is 16.7 Å². The van der Waals surface area contributed by atoms with Crippen LogP contribution in [0.1, 0.15) is 59.3 Å². The van der Waals surface area contributed by atoms with Gasteiger partial charge in [-0.2, -0.15) is 0 Å². The highest BCUT2D eigenvalue weighted by Crippen LogP contribution is 2.58. The fourth-order valence-corrected chi connectivity index (χ4v) is 3.64. The van der Waals surface area contributed by atoms with Gasteiger partial charge in [-0.15, -0.1) is 0 Å². The molecule has 0 aromatic rings. The van der Waals surface area contributed by atoms with Crippen molar-refractivity contribution in [1.29, 1.82) is 0 Å². The van der Waals surface area contributed by atoms with Crippen molar-refractivity contribution in [3.05, 3.63) is 24.3 Å². The van der Waals surface area contributed by atoms with Gasteiger partial charge in [0.25, 0.3) is 0 Å². The highest BCUT2D eigenvalue weighted by atomic mass is 16.7. The monoisotopic (exact) mass is 362 g/mol. The molecule has 0 heterocycles. The van der Waals surface area contributed by atoms with Gasteiger partial charge in [0.2, 0.25) is 6.29 Å². The van der Waals surface area contributed by atoms with Crippen LogP contribution in [-0.2, 0) is 14.3 Å². The predicted molar refractivity (Wildman–Crippen MR) is 105 cm³/mol. The molecule has 0 N–H and O–H groups in total. The first-order valence-corrected chi connectivity index (χ1v) is 9.98. The van der Waals surface area contributed by atoms with Gasteiger partial charge in [0.1, 0.15) is 19.2 Å². The largest absolute Gasteiger partial charge is 0.435 e. The molecule has 0 spiro atoms. The molecular weight excluding hydrogens is 326 g/mol. The lowest BCUT2D eigenvalue weighted by Gasteiger charge is -2.32. The van der Waals surface area contributed by atoms with Crippen molar-refractivity contribution in [3.8, 4) is 0 Å². The van der Waals surface area contributed by atoms with Crippen molar-refractivity contribution in [2.45, 2.75) is 65.6 Å². The topological polar surface area (TPSA) is 38.5 Å². The Kier molecular flexibility index (Phi) is 7.22. The Morgan fingerprint density at radius 3 is 2.69 bits per heavy atom. The number of ether oxygens (including phenoxy) is 2. The number of esters is 1. The molecule has 3 unspecified atom stereocenters. The van der Waals surface area contributed by atoms with E-state index in [1.165, 1.54) is 0 Å². The molecule has 0 saturated heterocycles. The van der Waals surface area contributed by atoms with Crippen molar-refractivity contribution < 1.29 is 18.8 Å². The Morgan fingerprint density at radius 2 is 2.15 bits per heavy atom. The standard InChI is InChI=1S/C22H36NO3/c1-6-10-19(25-16-13-18-11-8-7-9-12-18)26-20(24)22(3,17-23(4)5)21(2)14-15-21/h7-9,11,18-19H,4,6,10,12-17H2,1-3,5H3/q+1. The van der Waals surface area contributed by atoms with Crippen molar-refractivity contribution in [2.75, 3.05) is 20.2 Å². The maximum atomic E-state index is 13.1. The summed E-state index contributed by atoms with van der Waals surface area (Å²) in [6, 6.07) is 0. The Bertz CT molecular complexity index is 562. The molecule has 0 aromatic carbocycles. The molecule has 2 rings (SSSR count). The van der Waals surface area contributed by atoms with Gasteiger partial charge in [-0.05, 0) is 43.9 Å². The molecule has 0 aliphatic heterocycles. The summed E-state index contributed by atoms with van der Waals surface area (Å²) in [5.41, 5.74) is -0.540. The second-order valence-electron chi connectivity index (χ2n) is 8.50. The SMILES string of the molecule is C=[N+](C)CC(C)(C(=O)OC(CCC)OCCC1C=CC=CC1)C1(C)CC1. The van der Waals surface area contributed by atoms with Crippen LogP contribution in [0.2, 0.25) is 0 Å². The van der Waals surface area contributed by atoms with E-state index in [2.05, 4.69) is 44.9 Å². The van der Waals surface area contributed by atoms with E-state index in [0.29, 0.717) is 19.1 Å².